The molecule has 0 aliphatic carbocycles. The Balaban J connectivity index is 1.46. The Morgan fingerprint density at radius 3 is 2.61 bits per heavy atom. The van der Waals surface area contributed by atoms with Crippen LogP contribution in [-0.2, 0) is 6.61 Å². The number of benzene rings is 2. The smallest absolute Gasteiger partial charge is 0.209 e. The van der Waals surface area contributed by atoms with E-state index in [-0.39, 0.29) is 24.0 Å². The second-order valence-corrected chi connectivity index (χ2v) is 6.93. The lowest BCUT2D eigenvalue weighted by Crippen LogP contribution is -2.16. The molecule has 0 aliphatic rings. The molecule has 0 bridgehead atoms. The molecule has 0 saturated heterocycles. The van der Waals surface area contributed by atoms with Crippen LogP contribution in [0.2, 0.25) is 0 Å². The Labute approximate surface area is 164 Å². The highest BCUT2D eigenvalue weighted by molar-refractivity contribution is 7.99. The van der Waals surface area contributed by atoms with Crippen molar-refractivity contribution in [1.29, 1.82) is 0 Å². The van der Waals surface area contributed by atoms with Gasteiger partial charge in [0.2, 0.25) is 5.16 Å². The van der Waals surface area contributed by atoms with E-state index in [1.165, 1.54) is 52.8 Å². The first-order chi connectivity index (χ1) is 13.5. The van der Waals surface area contributed by atoms with E-state index in [0.29, 0.717) is 35.1 Å². The van der Waals surface area contributed by atoms with Gasteiger partial charge in [-0.05, 0) is 42.8 Å². The van der Waals surface area contributed by atoms with Gasteiger partial charge in [-0.2, -0.15) is 0 Å². The molecule has 0 atom stereocenters. The molecular weight excluding hydrogens is 386 g/mol. The van der Waals surface area contributed by atoms with Gasteiger partial charge in [0.15, 0.2) is 23.2 Å². The van der Waals surface area contributed by atoms with Gasteiger partial charge in [-0.3, -0.25) is 4.79 Å². The summed E-state index contributed by atoms with van der Waals surface area (Å²) in [6.45, 7) is -0.0198. The van der Waals surface area contributed by atoms with Crippen molar-refractivity contribution in [3.05, 3.63) is 71.6 Å². The number of halogens is 2. The van der Waals surface area contributed by atoms with Crippen molar-refractivity contribution in [3.8, 4) is 5.75 Å². The van der Waals surface area contributed by atoms with Crippen molar-refractivity contribution in [2.45, 2.75) is 24.6 Å². The highest BCUT2D eigenvalue weighted by Gasteiger charge is 2.12. The number of hydrogen-bond acceptors (Lipinski definition) is 6. The molecule has 0 aliphatic heterocycles. The largest absolute Gasteiger partial charge is 0.482 e. The third-order valence-electron chi connectivity index (χ3n) is 3.87. The van der Waals surface area contributed by atoms with Crippen LogP contribution >= 0.6 is 11.8 Å². The molecule has 28 heavy (non-hydrogen) atoms. The lowest BCUT2D eigenvalue weighted by molar-refractivity contribution is 0.0982. The summed E-state index contributed by atoms with van der Waals surface area (Å²) < 4.78 is 33.1. The van der Waals surface area contributed by atoms with Gasteiger partial charge in [0.1, 0.15) is 12.4 Å². The summed E-state index contributed by atoms with van der Waals surface area (Å²) in [6.07, 6.45) is 0.940. The fourth-order valence-corrected chi connectivity index (χ4v) is 3.20. The Kier molecular flexibility index (Phi) is 6.59. The molecule has 0 radical (unpaired) electrons. The summed E-state index contributed by atoms with van der Waals surface area (Å²) in [7, 11) is 0. The first-order valence-corrected chi connectivity index (χ1v) is 9.51. The summed E-state index contributed by atoms with van der Waals surface area (Å²) in [5, 5.41) is 8.41. The minimum Gasteiger partial charge on any atom is -0.482 e. The first-order valence-electron chi connectivity index (χ1n) is 8.53. The van der Waals surface area contributed by atoms with Crippen LogP contribution in [0.1, 0.15) is 29.0 Å². The molecule has 2 aromatic carbocycles. The number of carbonyl (C=O) groups is 1. The predicted octanol–water partition coefficient (Wildman–Crippen LogP) is 3.60. The van der Waals surface area contributed by atoms with Crippen LogP contribution in [0, 0.1) is 11.6 Å². The number of ketones is 1. The van der Waals surface area contributed by atoms with Crippen LogP contribution in [0.25, 0.3) is 0 Å². The SMILES string of the molecule is Nn1c(COc2ccccc2F)nnc1SCCCC(=O)c1ccc(F)cc1. The Hall–Kier alpha value is -2.94. The Bertz CT molecular complexity index is 947. The highest BCUT2D eigenvalue weighted by atomic mass is 32.2. The summed E-state index contributed by atoms with van der Waals surface area (Å²) in [4.78, 5) is 12.0. The van der Waals surface area contributed by atoms with E-state index in [9.17, 15) is 13.6 Å². The van der Waals surface area contributed by atoms with E-state index in [1.807, 2.05) is 0 Å². The topological polar surface area (TPSA) is 83.0 Å². The van der Waals surface area contributed by atoms with Gasteiger partial charge in [0.05, 0.1) is 0 Å². The zero-order valence-corrected chi connectivity index (χ0v) is 15.7. The second-order valence-electron chi connectivity index (χ2n) is 5.87. The number of carbonyl (C=O) groups excluding carboxylic acids is 1. The van der Waals surface area contributed by atoms with Crippen molar-refractivity contribution >= 4 is 17.5 Å². The second kappa shape index (κ2) is 9.32. The zero-order valence-electron chi connectivity index (χ0n) is 14.8. The van der Waals surface area contributed by atoms with Crippen molar-refractivity contribution in [2.24, 2.45) is 0 Å². The number of aromatic nitrogens is 3. The lowest BCUT2D eigenvalue weighted by Gasteiger charge is -2.07. The van der Waals surface area contributed by atoms with Crippen molar-refractivity contribution in [3.63, 3.8) is 0 Å². The third kappa shape index (κ3) is 5.07. The fourth-order valence-electron chi connectivity index (χ4n) is 2.38. The molecule has 0 amide bonds. The van der Waals surface area contributed by atoms with Crippen molar-refractivity contribution in [2.75, 3.05) is 11.6 Å². The number of ether oxygens (including phenoxy) is 1. The van der Waals surface area contributed by atoms with Gasteiger partial charge in [-0.25, -0.2) is 13.5 Å². The summed E-state index contributed by atoms with van der Waals surface area (Å²) in [6, 6.07) is 11.5. The maximum absolute atomic E-state index is 13.6. The minimum absolute atomic E-state index is 0.0198. The number of nitrogens with two attached hydrogens (primary N) is 1. The highest BCUT2D eigenvalue weighted by Crippen LogP contribution is 2.20. The van der Waals surface area contributed by atoms with Crippen LogP contribution in [0.5, 0.6) is 5.75 Å². The fraction of sp³-hybridized carbons (Fsp3) is 0.211. The monoisotopic (exact) mass is 404 g/mol. The van der Waals surface area contributed by atoms with Gasteiger partial charge in [0.25, 0.3) is 0 Å². The van der Waals surface area contributed by atoms with Gasteiger partial charge in [-0.1, -0.05) is 23.9 Å². The van der Waals surface area contributed by atoms with Gasteiger partial charge >= 0.3 is 0 Å². The molecule has 9 heteroatoms. The number of para-hydroxylation sites is 1. The number of thioether (sulfide) groups is 1. The average Bonchev–Trinajstić information content (AvgIpc) is 3.04. The lowest BCUT2D eigenvalue weighted by atomic mass is 10.1. The van der Waals surface area contributed by atoms with Crippen LogP contribution in [-0.4, -0.2) is 26.4 Å². The molecule has 3 rings (SSSR count). The Morgan fingerprint density at radius 1 is 1.11 bits per heavy atom. The van der Waals surface area contributed by atoms with E-state index in [1.54, 1.807) is 12.1 Å². The molecule has 1 heterocycles. The quantitative estimate of drug-likeness (QED) is 0.254. The normalized spacial score (nSPS) is 10.8. The Morgan fingerprint density at radius 2 is 1.86 bits per heavy atom. The van der Waals surface area contributed by atoms with E-state index in [2.05, 4.69) is 10.2 Å². The van der Waals surface area contributed by atoms with Crippen LogP contribution in [0.3, 0.4) is 0 Å². The molecule has 0 unspecified atom stereocenters. The standard InChI is InChI=1S/C19H18F2N4O2S/c20-14-9-7-13(8-10-14)16(26)5-3-11-28-19-24-23-18(25(19)22)12-27-17-6-2-1-4-15(17)21/h1-2,4,6-10H,3,5,11-12,22H2. The molecule has 0 spiro atoms. The molecule has 146 valence electrons. The van der Waals surface area contributed by atoms with Crippen LogP contribution in [0.15, 0.2) is 53.7 Å². The van der Waals surface area contributed by atoms with Gasteiger partial charge in [0, 0.05) is 17.7 Å². The zero-order chi connectivity index (χ0) is 19.9. The molecule has 0 fully saturated rings. The van der Waals surface area contributed by atoms with E-state index in [4.69, 9.17) is 10.6 Å². The number of rotatable bonds is 9. The molecule has 3 aromatic rings. The average molecular weight is 404 g/mol. The first kappa shape index (κ1) is 19.8. The summed E-state index contributed by atoms with van der Waals surface area (Å²) in [5.74, 6) is 6.13. The van der Waals surface area contributed by atoms with Crippen molar-refractivity contribution < 1.29 is 18.3 Å². The number of nitrogen functional groups attached to an aromatic ring is 1. The van der Waals surface area contributed by atoms with Crippen molar-refractivity contribution in [1.82, 2.24) is 14.9 Å². The third-order valence-corrected chi connectivity index (χ3v) is 4.90. The summed E-state index contributed by atoms with van der Waals surface area (Å²) in [5.41, 5.74) is 0.487. The van der Waals surface area contributed by atoms with E-state index < -0.39 is 5.82 Å². The summed E-state index contributed by atoms with van der Waals surface area (Å²) >= 11 is 1.35. The molecule has 2 N–H and O–H groups in total. The number of Topliss-reactive ketones (excluding diaryl/α,β-unsaturated/α-hetero) is 1. The van der Waals surface area contributed by atoms with Gasteiger partial charge in [-0.15, -0.1) is 10.2 Å². The van der Waals surface area contributed by atoms with E-state index in [0.717, 1.165) is 0 Å². The number of nitrogens with zero attached hydrogens (tertiary/aromatic N) is 3. The molecule has 0 saturated carbocycles. The number of hydrogen-bond donors (Lipinski definition) is 1. The van der Waals surface area contributed by atoms with Crippen LogP contribution < -0.4 is 10.6 Å². The predicted molar refractivity (Wildman–Crippen MR) is 102 cm³/mol. The van der Waals surface area contributed by atoms with Gasteiger partial charge < -0.3 is 10.6 Å². The molecule has 6 nitrogen and oxygen atoms in total. The molecule has 1 aromatic heterocycles. The minimum atomic E-state index is -0.467. The van der Waals surface area contributed by atoms with E-state index >= 15 is 0 Å². The maximum Gasteiger partial charge on any atom is 0.209 e. The van der Waals surface area contributed by atoms with Crippen LogP contribution in [0.4, 0.5) is 8.78 Å². The molecular formula is C19H18F2N4O2S. The maximum atomic E-state index is 13.6.